The topological polar surface area (TPSA) is 137 Å². The second-order valence-corrected chi connectivity index (χ2v) is 20.8. The average Bonchev–Trinajstić information content (AvgIpc) is 2.54. The van der Waals surface area contributed by atoms with Crippen LogP contribution in [0.15, 0.2) is 12.2 Å². The van der Waals surface area contributed by atoms with Gasteiger partial charge in [0.2, 0.25) is 0 Å². The van der Waals surface area contributed by atoms with Crippen LogP contribution in [-0.4, -0.2) is 88.1 Å². The molecule has 6 saturated heterocycles. The van der Waals surface area contributed by atoms with Gasteiger partial charge in [-0.2, -0.15) is 0 Å². The standard InChI is InChI=1S/C7H11O14Si8.7Rf/c1-6(2)7(8)9-4-3-5-29-19-26-13-23-10-22-11-24(15-26)17-28(21-29)18-25(12-22)16-27(14-23)20-29;;;;;;;/h1,3-5H2,2H3;;;;;;;. The molecule has 14 nitrogen and oxygen atoms in total. The van der Waals surface area contributed by atoms with E-state index >= 15 is 0 Å². The first kappa shape index (κ1) is 34.1. The van der Waals surface area contributed by atoms with Gasteiger partial charge in [0.25, 0.3) is 0 Å². The van der Waals surface area contributed by atoms with E-state index in [0.29, 0.717) is 12.0 Å². The molecule has 8 bridgehead atoms. The van der Waals surface area contributed by atoms with Gasteiger partial charge in [0, 0.05) is 11.6 Å². The molecule has 36 heavy (non-hydrogen) atoms. The molecule has 169 valence electrons. The number of rotatable bonds is 5. The molecule has 0 unspecified atom stereocenters. The minimum atomic E-state index is -3.49. The van der Waals surface area contributed by atoms with Crippen LogP contribution in [0, 0.1) is 0 Å². The number of ether oxygens (including phenoxy) is 1. The van der Waals surface area contributed by atoms with Crippen molar-refractivity contribution < 1.29 is 58.9 Å². The SMILES string of the molecule is C=C(C)C(=O)OCCC[Si]12O[Si]3O[Si]4O[Si]5O[Si](O3)O[Si](O[Si](O5)O[Si](O4)O1)O2.[Rf].[Rf].[Rf].[Rf].[Rf].[Rf].[Rf]. The number of hydrogen-bond donors (Lipinski definition) is 0. The zero-order valence-corrected chi connectivity index (χ0v) is 72.3. The van der Waals surface area contributed by atoms with E-state index < -0.39 is 81.5 Å². The second-order valence-electron chi connectivity index (χ2n) is 5.68. The predicted octanol–water partition coefficient (Wildman–Crippen LogP) is -2.40. The Morgan fingerprint density at radius 2 is 0.944 bits per heavy atom. The van der Waals surface area contributed by atoms with E-state index in [2.05, 4.69) is 6.58 Å². The molecule has 0 amide bonds. The van der Waals surface area contributed by atoms with Crippen molar-refractivity contribution in [3.8, 4) is 0 Å². The quantitative estimate of drug-likeness (QED) is 0.125. The van der Waals surface area contributed by atoms with Crippen LogP contribution in [0.5, 0.6) is 0 Å². The van der Waals surface area contributed by atoms with Crippen molar-refractivity contribution in [1.82, 2.24) is 0 Å². The molecule has 29 heteroatoms. The summed E-state index contributed by atoms with van der Waals surface area (Å²) in [4.78, 5) is 11.6. The Morgan fingerprint density at radius 3 is 1.25 bits per heavy atom. The minimum Gasteiger partial charge on any atom is -0.462 e. The molecule has 0 aliphatic carbocycles. The first-order valence-corrected chi connectivity index (χ1v) is 18.6. The number of carbonyl (C=O) groups is 1. The summed E-state index contributed by atoms with van der Waals surface area (Å²) in [7, 11) is -20.0. The molecule has 0 aromatic carbocycles. The van der Waals surface area contributed by atoms with Crippen molar-refractivity contribution in [3.63, 3.8) is 0 Å². The summed E-state index contributed by atoms with van der Waals surface area (Å²) in [5.41, 5.74) is 0.311. The minimum absolute atomic E-state index is 0. The summed E-state index contributed by atoms with van der Waals surface area (Å²) in [5.74, 6) is -0.479. The molecule has 0 atom stereocenters. The molecule has 6 heterocycles. The summed E-state index contributed by atoms with van der Waals surface area (Å²) in [6, 6.07) is 0.267. The molecule has 0 spiro atoms. The fourth-order valence-corrected chi connectivity index (χ4v) is 25.0. The van der Waals surface area contributed by atoms with Gasteiger partial charge in [-0.15, -0.1) is 0 Å². The van der Waals surface area contributed by atoms with Crippen LogP contribution in [0.3, 0.4) is 0 Å². The third-order valence-corrected chi connectivity index (χ3v) is 22.1. The molecule has 0 aromatic rings. The maximum absolute atomic E-state index is 11.6. The molecule has 0 aromatic heterocycles. The van der Waals surface area contributed by atoms with Gasteiger partial charge < -0.3 is 54.1 Å². The Labute approximate surface area is 178 Å². The van der Waals surface area contributed by atoms with Gasteiger partial charge in [-0.3, -0.25) is 0 Å². The summed E-state index contributed by atoms with van der Waals surface area (Å²) in [6.45, 7) is 5.23. The van der Waals surface area contributed by atoms with Gasteiger partial charge in [-0.1, -0.05) is 6.58 Å². The van der Waals surface area contributed by atoms with Crippen molar-refractivity contribution in [3.05, 3.63) is 12.2 Å². The molecule has 0 saturated carbocycles. The van der Waals surface area contributed by atoms with Crippen molar-refractivity contribution >= 4 is 81.5 Å². The van der Waals surface area contributed by atoms with Crippen LogP contribution in [0.2, 0.25) is 6.04 Å². The van der Waals surface area contributed by atoms with Crippen LogP contribution in [0.4, 0.5) is 0 Å². The zero-order valence-electron chi connectivity index (χ0n) is 19.5. The summed E-state index contributed by atoms with van der Waals surface area (Å²) in [5, 5.41) is 0. The predicted molar refractivity (Wildman–Crippen MR) is 94.2 cm³/mol. The summed E-state index contributed by atoms with van der Waals surface area (Å²) < 4.78 is 75.2. The third kappa shape index (κ3) is 6.03. The summed E-state index contributed by atoms with van der Waals surface area (Å²) in [6.07, 6.45) is 0.384. The maximum atomic E-state index is 11.6. The molecule has 0 N–H and O–H groups in total. The third-order valence-electron chi connectivity index (χ3n) is 3.43. The normalized spacial score (nSPS) is 23.6. The van der Waals surface area contributed by atoms with Crippen LogP contribution in [0.25, 0.3) is 0 Å². The Balaban J connectivity index is -0.00000156. The van der Waals surface area contributed by atoms with E-state index in [-0.39, 0.29) is 12.7 Å². The largest absolute Gasteiger partial charge is 0.553 e. The Hall–Kier alpha value is -6.53. The molecule has 6 aliphatic rings. The van der Waals surface area contributed by atoms with Crippen molar-refractivity contribution in [2.75, 3.05) is 6.61 Å². The number of carbonyl (C=O) groups excluding carboxylic acids is 1. The van der Waals surface area contributed by atoms with E-state index in [1.165, 1.54) is 0 Å². The van der Waals surface area contributed by atoms with Gasteiger partial charge in [-0.05, 0) is 13.3 Å². The Bertz CT molecular complexity index is 618. The maximum Gasteiger partial charge on any atom is 0.553 e. The van der Waals surface area contributed by atoms with Gasteiger partial charge in [-0.25, -0.2) is 4.79 Å². The van der Waals surface area contributed by atoms with Crippen LogP contribution in [-0.2, 0) is 58.9 Å². The van der Waals surface area contributed by atoms with E-state index in [9.17, 15) is 4.79 Å². The Kier molecular flexibility index (Phi) is 11.3. The van der Waals surface area contributed by atoms with Gasteiger partial charge in [0.15, 0.2) is 0 Å². The number of hydrogen-bond acceptors (Lipinski definition) is 14. The van der Waals surface area contributed by atoms with Crippen molar-refractivity contribution in [2.45, 2.75) is 19.4 Å². The van der Waals surface area contributed by atoms with E-state index in [1.54, 1.807) is 6.92 Å². The molecule has 7 radical (unpaired) electrons. The molecular formula is C7H11O14Rf7Si8. The van der Waals surface area contributed by atoms with Crippen molar-refractivity contribution in [2.24, 2.45) is 0 Å². The van der Waals surface area contributed by atoms with Gasteiger partial charge in [0.1, 0.15) is 0 Å². The fraction of sp³-hybridized carbons (Fsp3) is 0.571. The van der Waals surface area contributed by atoms with Crippen LogP contribution < -0.4 is 0 Å². The summed E-state index contributed by atoms with van der Waals surface area (Å²) >= 11 is 0. The monoisotopic (exact) mass is 2410 g/mol. The van der Waals surface area contributed by atoms with E-state index in [0.717, 1.165) is 0 Å². The molecular weight excluding hydrogens is 2400 g/mol. The van der Waals surface area contributed by atoms with E-state index in [4.69, 9.17) is 54.1 Å². The van der Waals surface area contributed by atoms with E-state index in [1.807, 2.05) is 0 Å². The fourth-order valence-electron chi connectivity index (χ4n) is 2.22. The molecule has 6 fully saturated rings. The molecule has 6 aliphatic heterocycles. The number of esters is 1. The smallest absolute Gasteiger partial charge is 0.462 e. The second kappa shape index (κ2) is 11.9. The van der Waals surface area contributed by atoms with Crippen molar-refractivity contribution in [1.29, 1.82) is 0 Å². The van der Waals surface area contributed by atoms with Crippen LogP contribution in [0.1, 0.15) is 13.3 Å². The van der Waals surface area contributed by atoms with Gasteiger partial charge in [0.05, 0.1) is 6.61 Å². The Morgan fingerprint density at radius 1 is 0.639 bits per heavy atom. The first-order valence-electron chi connectivity index (χ1n) is 8.05. The van der Waals surface area contributed by atoms with Gasteiger partial charge >= 0.3 is 81.5 Å². The molecule has 6 rings (SSSR count). The first-order chi connectivity index (χ1) is 14.0. The van der Waals surface area contributed by atoms with Crippen LogP contribution >= 0.6 is 0 Å². The average molecular weight is 2410 g/mol. The zero-order chi connectivity index (χ0) is 20.0.